The van der Waals surface area contributed by atoms with E-state index in [2.05, 4.69) is 26.6 Å². The third-order valence-electron chi connectivity index (χ3n) is 3.16. The van der Waals surface area contributed by atoms with Crippen LogP contribution in [0.5, 0.6) is 11.5 Å². The Bertz CT molecular complexity index is 749. The molecule has 0 saturated heterocycles. The summed E-state index contributed by atoms with van der Waals surface area (Å²) in [5.41, 5.74) is 1.03. The molecular weight excluding hydrogens is 376 g/mol. The molecule has 0 heterocycles. The summed E-state index contributed by atoms with van der Waals surface area (Å²) in [6.45, 7) is -0.139. The lowest BCUT2D eigenvalue weighted by Gasteiger charge is -2.10. The molecule has 0 radical (unpaired) electrons. The van der Waals surface area contributed by atoms with Crippen molar-refractivity contribution in [2.24, 2.45) is 0 Å². The van der Waals surface area contributed by atoms with Crippen LogP contribution in [0, 0.1) is 0 Å². The first-order chi connectivity index (χ1) is 11.5. The van der Waals surface area contributed by atoms with E-state index in [1.807, 2.05) is 12.1 Å². The monoisotopic (exact) mass is 392 g/mol. The van der Waals surface area contributed by atoms with E-state index < -0.39 is 0 Å². The Balaban J connectivity index is 1.94. The fourth-order valence-corrected chi connectivity index (χ4v) is 2.41. The first-order valence-electron chi connectivity index (χ1n) is 7.09. The van der Waals surface area contributed by atoms with E-state index in [4.69, 9.17) is 9.47 Å². The van der Waals surface area contributed by atoms with Crippen molar-refractivity contribution >= 4 is 33.4 Å². The third kappa shape index (κ3) is 4.73. The van der Waals surface area contributed by atoms with Crippen LogP contribution in [0.15, 0.2) is 46.9 Å². The summed E-state index contributed by atoms with van der Waals surface area (Å²) in [6.07, 6.45) is 0. The SMILES string of the molecule is COc1ccc(C(=O)NCC(=O)Nc2cccc(Br)c2)cc1OC. The minimum absolute atomic E-state index is 0.139. The summed E-state index contributed by atoms with van der Waals surface area (Å²) in [4.78, 5) is 24.0. The summed E-state index contributed by atoms with van der Waals surface area (Å²) >= 11 is 3.33. The second kappa shape index (κ2) is 8.35. The first-order valence-corrected chi connectivity index (χ1v) is 7.88. The molecule has 0 fully saturated rings. The Labute approximate surface area is 148 Å². The van der Waals surface area contributed by atoms with Gasteiger partial charge in [-0.1, -0.05) is 22.0 Å². The minimum atomic E-state index is -0.375. The van der Waals surface area contributed by atoms with E-state index in [-0.39, 0.29) is 18.4 Å². The molecule has 0 atom stereocenters. The maximum atomic E-state index is 12.1. The molecule has 2 aromatic carbocycles. The maximum Gasteiger partial charge on any atom is 0.251 e. The number of nitrogens with one attached hydrogen (secondary N) is 2. The second-order valence-electron chi connectivity index (χ2n) is 4.81. The first kappa shape index (κ1) is 17.8. The fourth-order valence-electron chi connectivity index (χ4n) is 2.01. The van der Waals surface area contributed by atoms with Gasteiger partial charge in [-0.15, -0.1) is 0 Å². The zero-order valence-electron chi connectivity index (χ0n) is 13.3. The average molecular weight is 393 g/mol. The fraction of sp³-hybridized carbons (Fsp3) is 0.176. The zero-order chi connectivity index (χ0) is 17.5. The number of ether oxygens (including phenoxy) is 2. The number of amides is 2. The van der Waals surface area contributed by atoms with Crippen LogP contribution in [0.4, 0.5) is 5.69 Å². The van der Waals surface area contributed by atoms with Crippen molar-refractivity contribution < 1.29 is 19.1 Å². The Morgan fingerprint density at radius 1 is 1.04 bits per heavy atom. The van der Waals surface area contributed by atoms with E-state index in [0.29, 0.717) is 22.7 Å². The number of anilines is 1. The Hall–Kier alpha value is -2.54. The topological polar surface area (TPSA) is 76.7 Å². The van der Waals surface area contributed by atoms with E-state index >= 15 is 0 Å². The standard InChI is InChI=1S/C17H17BrN2O4/c1-23-14-7-6-11(8-15(14)24-2)17(22)19-10-16(21)20-13-5-3-4-12(18)9-13/h3-9H,10H2,1-2H3,(H,19,22)(H,20,21). The van der Waals surface area contributed by atoms with Gasteiger partial charge in [-0.05, 0) is 36.4 Å². The molecule has 0 unspecified atom stereocenters. The molecule has 0 bridgehead atoms. The predicted molar refractivity (Wildman–Crippen MR) is 94.7 cm³/mol. The number of methoxy groups -OCH3 is 2. The van der Waals surface area contributed by atoms with Crippen LogP contribution >= 0.6 is 15.9 Å². The molecule has 0 spiro atoms. The van der Waals surface area contributed by atoms with Crippen LogP contribution in [0.2, 0.25) is 0 Å². The summed E-state index contributed by atoms with van der Waals surface area (Å²) in [7, 11) is 3.01. The van der Waals surface area contributed by atoms with Crippen molar-refractivity contribution in [2.75, 3.05) is 26.1 Å². The second-order valence-corrected chi connectivity index (χ2v) is 5.73. The zero-order valence-corrected chi connectivity index (χ0v) is 14.8. The highest BCUT2D eigenvalue weighted by atomic mass is 79.9. The maximum absolute atomic E-state index is 12.1. The van der Waals surface area contributed by atoms with Gasteiger partial charge < -0.3 is 20.1 Å². The molecule has 2 N–H and O–H groups in total. The number of halogens is 1. The van der Waals surface area contributed by atoms with E-state index in [1.54, 1.807) is 30.3 Å². The molecule has 0 saturated carbocycles. The molecule has 0 aliphatic heterocycles. The van der Waals surface area contributed by atoms with Gasteiger partial charge in [-0.3, -0.25) is 9.59 Å². The molecule has 24 heavy (non-hydrogen) atoms. The molecule has 0 aliphatic rings. The Morgan fingerprint density at radius 2 is 1.79 bits per heavy atom. The Kier molecular flexibility index (Phi) is 6.20. The van der Waals surface area contributed by atoms with Crippen LogP contribution in [0.1, 0.15) is 10.4 Å². The van der Waals surface area contributed by atoms with Gasteiger partial charge in [0, 0.05) is 15.7 Å². The molecule has 7 heteroatoms. The number of benzene rings is 2. The van der Waals surface area contributed by atoms with Gasteiger partial charge >= 0.3 is 0 Å². The molecule has 6 nitrogen and oxygen atoms in total. The highest BCUT2D eigenvalue weighted by Crippen LogP contribution is 2.27. The molecular formula is C17H17BrN2O4. The quantitative estimate of drug-likeness (QED) is 0.792. The van der Waals surface area contributed by atoms with Crippen molar-refractivity contribution in [3.05, 3.63) is 52.5 Å². The smallest absolute Gasteiger partial charge is 0.251 e. The van der Waals surface area contributed by atoms with Crippen molar-refractivity contribution in [1.29, 1.82) is 0 Å². The summed E-state index contributed by atoms with van der Waals surface area (Å²) in [5, 5.41) is 5.27. The van der Waals surface area contributed by atoms with E-state index in [0.717, 1.165) is 4.47 Å². The number of carbonyl (C=O) groups is 2. The minimum Gasteiger partial charge on any atom is -0.493 e. The van der Waals surface area contributed by atoms with Gasteiger partial charge in [-0.25, -0.2) is 0 Å². The highest BCUT2D eigenvalue weighted by Gasteiger charge is 2.12. The number of rotatable bonds is 6. The van der Waals surface area contributed by atoms with Crippen molar-refractivity contribution in [3.63, 3.8) is 0 Å². The number of hydrogen-bond donors (Lipinski definition) is 2. The highest BCUT2D eigenvalue weighted by molar-refractivity contribution is 9.10. The third-order valence-corrected chi connectivity index (χ3v) is 3.66. The summed E-state index contributed by atoms with van der Waals surface area (Å²) in [5.74, 6) is 0.285. The van der Waals surface area contributed by atoms with E-state index in [1.165, 1.54) is 14.2 Å². The summed E-state index contributed by atoms with van der Waals surface area (Å²) < 4.78 is 11.1. The van der Waals surface area contributed by atoms with Gasteiger partial charge in [0.05, 0.1) is 20.8 Å². The number of carbonyl (C=O) groups excluding carboxylic acids is 2. The normalized spacial score (nSPS) is 9.96. The molecule has 126 valence electrons. The van der Waals surface area contributed by atoms with Crippen molar-refractivity contribution in [3.8, 4) is 11.5 Å². The largest absolute Gasteiger partial charge is 0.493 e. The van der Waals surface area contributed by atoms with Crippen LogP contribution in [0.25, 0.3) is 0 Å². The summed E-state index contributed by atoms with van der Waals surface area (Å²) in [6, 6.07) is 12.0. The predicted octanol–water partition coefficient (Wildman–Crippen LogP) is 2.83. The van der Waals surface area contributed by atoms with E-state index in [9.17, 15) is 9.59 Å². The van der Waals surface area contributed by atoms with Crippen molar-refractivity contribution in [2.45, 2.75) is 0 Å². The van der Waals surface area contributed by atoms with Crippen LogP contribution in [-0.2, 0) is 4.79 Å². The number of hydrogen-bond acceptors (Lipinski definition) is 4. The van der Waals surface area contributed by atoms with Gasteiger partial charge in [0.15, 0.2) is 11.5 Å². The van der Waals surface area contributed by atoms with Crippen LogP contribution in [-0.4, -0.2) is 32.6 Å². The molecule has 2 aromatic rings. The van der Waals surface area contributed by atoms with Gasteiger partial charge in [-0.2, -0.15) is 0 Å². The molecule has 2 amide bonds. The van der Waals surface area contributed by atoms with Crippen LogP contribution in [0.3, 0.4) is 0 Å². The molecule has 2 rings (SSSR count). The van der Waals surface area contributed by atoms with Gasteiger partial charge in [0.1, 0.15) is 0 Å². The van der Waals surface area contributed by atoms with Gasteiger partial charge in [0.25, 0.3) is 5.91 Å². The average Bonchev–Trinajstić information content (AvgIpc) is 2.59. The lowest BCUT2D eigenvalue weighted by atomic mass is 10.2. The van der Waals surface area contributed by atoms with Gasteiger partial charge in [0.2, 0.25) is 5.91 Å². The molecule has 0 aromatic heterocycles. The van der Waals surface area contributed by atoms with Crippen LogP contribution < -0.4 is 20.1 Å². The molecule has 0 aliphatic carbocycles. The lowest BCUT2D eigenvalue weighted by Crippen LogP contribution is -2.32. The van der Waals surface area contributed by atoms with Crippen molar-refractivity contribution in [1.82, 2.24) is 5.32 Å². The lowest BCUT2D eigenvalue weighted by molar-refractivity contribution is -0.115. The Morgan fingerprint density at radius 3 is 2.46 bits per heavy atom.